The van der Waals surface area contributed by atoms with Crippen LogP contribution >= 0.6 is 11.6 Å². The van der Waals surface area contributed by atoms with Crippen LogP contribution in [0, 0.1) is 0 Å². The van der Waals surface area contributed by atoms with Gasteiger partial charge in [-0.2, -0.15) is 0 Å². The predicted molar refractivity (Wildman–Crippen MR) is 34.1 cm³/mol. The Labute approximate surface area is 54.7 Å². The van der Waals surface area contributed by atoms with Crippen LogP contribution in [0.2, 0.25) is 0 Å². The minimum Gasteiger partial charge on any atom is -0.392 e. The Bertz CT molecular complexity index is 64.9. The molecule has 1 aliphatic carbocycles. The number of halogens is 1. The van der Waals surface area contributed by atoms with E-state index in [9.17, 15) is 0 Å². The molecule has 0 aliphatic heterocycles. The minimum absolute atomic E-state index is 0.0312. The summed E-state index contributed by atoms with van der Waals surface area (Å²) >= 11 is 5.72. The molecule has 0 spiro atoms. The maximum atomic E-state index is 9.05. The fourth-order valence-electron chi connectivity index (χ4n) is 1.07. The highest BCUT2D eigenvalue weighted by Crippen LogP contribution is 2.22. The second-order valence-electron chi connectivity index (χ2n) is 2.37. The van der Waals surface area contributed by atoms with Gasteiger partial charge in [-0.1, -0.05) is 12.8 Å². The number of rotatable bonds is 0. The molecule has 0 aromatic rings. The van der Waals surface area contributed by atoms with Crippen LogP contribution in [0.3, 0.4) is 0 Å². The molecule has 1 aliphatic rings. The molecule has 0 saturated heterocycles. The number of hydrogen-bond donors (Lipinski definition) is 1. The summed E-state index contributed by atoms with van der Waals surface area (Å²) < 4.78 is 0. The molecule has 1 nitrogen and oxygen atoms in total. The topological polar surface area (TPSA) is 20.2 Å². The smallest absolute Gasteiger partial charge is 0.0703 e. The fraction of sp³-hybridized carbons (Fsp3) is 1.00. The molecule has 1 N–H and O–H groups in total. The van der Waals surface area contributed by atoms with Crippen LogP contribution in [-0.4, -0.2) is 16.6 Å². The maximum Gasteiger partial charge on any atom is 0.0703 e. The van der Waals surface area contributed by atoms with Gasteiger partial charge in [-0.15, -0.1) is 11.6 Å². The molecule has 1 rings (SSSR count). The van der Waals surface area contributed by atoms with Gasteiger partial charge in [0, 0.05) is 0 Å². The molecule has 2 atom stereocenters. The van der Waals surface area contributed by atoms with E-state index < -0.39 is 0 Å². The van der Waals surface area contributed by atoms with Crippen LogP contribution in [0.5, 0.6) is 0 Å². The van der Waals surface area contributed by atoms with E-state index in [-0.39, 0.29) is 11.5 Å². The number of alkyl halides is 1. The SMILES string of the molecule is O[C@@H]1CCCC[C@@H]1Cl. The average molecular weight is 135 g/mol. The molecule has 2 heteroatoms. The lowest BCUT2D eigenvalue weighted by Crippen LogP contribution is -2.24. The van der Waals surface area contributed by atoms with Crippen molar-refractivity contribution in [2.45, 2.75) is 37.2 Å². The van der Waals surface area contributed by atoms with Crippen molar-refractivity contribution >= 4 is 11.6 Å². The zero-order valence-corrected chi connectivity index (χ0v) is 5.56. The molecule has 0 bridgehead atoms. The summed E-state index contributed by atoms with van der Waals surface area (Å²) in [6.07, 6.45) is 3.98. The Balaban J connectivity index is 2.28. The van der Waals surface area contributed by atoms with E-state index in [1.807, 2.05) is 0 Å². The van der Waals surface area contributed by atoms with E-state index in [1.165, 1.54) is 6.42 Å². The third kappa shape index (κ3) is 1.36. The van der Waals surface area contributed by atoms with E-state index in [1.54, 1.807) is 0 Å². The Morgan fingerprint density at radius 3 is 2.25 bits per heavy atom. The molecular formula is C6H11ClO. The minimum atomic E-state index is -0.231. The molecule has 0 aromatic carbocycles. The lowest BCUT2D eigenvalue weighted by molar-refractivity contribution is 0.134. The van der Waals surface area contributed by atoms with Gasteiger partial charge in [0.25, 0.3) is 0 Å². The van der Waals surface area contributed by atoms with Gasteiger partial charge in [-0.05, 0) is 12.8 Å². The van der Waals surface area contributed by atoms with Crippen molar-refractivity contribution in [2.75, 3.05) is 0 Å². The molecule has 0 unspecified atom stereocenters. The first kappa shape index (κ1) is 6.37. The van der Waals surface area contributed by atoms with E-state index >= 15 is 0 Å². The lowest BCUT2D eigenvalue weighted by atomic mass is 9.98. The normalized spacial score (nSPS) is 39.8. The molecule has 1 saturated carbocycles. The summed E-state index contributed by atoms with van der Waals surface area (Å²) in [5.41, 5.74) is 0. The van der Waals surface area contributed by atoms with Gasteiger partial charge >= 0.3 is 0 Å². The van der Waals surface area contributed by atoms with Gasteiger partial charge in [0.05, 0.1) is 11.5 Å². The van der Waals surface area contributed by atoms with Crippen molar-refractivity contribution < 1.29 is 5.11 Å². The van der Waals surface area contributed by atoms with Crippen molar-refractivity contribution in [3.05, 3.63) is 0 Å². The maximum absolute atomic E-state index is 9.05. The Hall–Kier alpha value is 0.250. The summed E-state index contributed by atoms with van der Waals surface area (Å²) in [5, 5.41) is 9.08. The molecule has 8 heavy (non-hydrogen) atoms. The summed E-state index contributed by atoms with van der Waals surface area (Å²) in [4.78, 5) is 0. The summed E-state index contributed by atoms with van der Waals surface area (Å²) in [6, 6.07) is 0. The van der Waals surface area contributed by atoms with E-state index in [4.69, 9.17) is 16.7 Å². The second kappa shape index (κ2) is 2.70. The largest absolute Gasteiger partial charge is 0.392 e. The van der Waals surface area contributed by atoms with Gasteiger partial charge in [0.1, 0.15) is 0 Å². The Morgan fingerprint density at radius 2 is 1.88 bits per heavy atom. The van der Waals surface area contributed by atoms with Crippen LogP contribution in [0.15, 0.2) is 0 Å². The number of aliphatic hydroxyl groups is 1. The van der Waals surface area contributed by atoms with Crippen LogP contribution in [0.25, 0.3) is 0 Å². The molecule has 0 aromatic heterocycles. The van der Waals surface area contributed by atoms with Crippen LogP contribution < -0.4 is 0 Å². The van der Waals surface area contributed by atoms with Crippen molar-refractivity contribution in [3.63, 3.8) is 0 Å². The third-order valence-electron chi connectivity index (χ3n) is 1.65. The number of aliphatic hydroxyl groups excluding tert-OH is 1. The molecule has 0 radical (unpaired) electrons. The zero-order chi connectivity index (χ0) is 5.98. The van der Waals surface area contributed by atoms with Crippen molar-refractivity contribution in [1.29, 1.82) is 0 Å². The first-order valence-corrected chi connectivity index (χ1v) is 3.56. The second-order valence-corrected chi connectivity index (χ2v) is 2.93. The lowest BCUT2D eigenvalue weighted by Gasteiger charge is -2.21. The molecule has 0 heterocycles. The molecule has 48 valence electrons. The van der Waals surface area contributed by atoms with Crippen molar-refractivity contribution in [2.24, 2.45) is 0 Å². The first-order valence-electron chi connectivity index (χ1n) is 3.13. The van der Waals surface area contributed by atoms with Gasteiger partial charge in [0.15, 0.2) is 0 Å². The van der Waals surface area contributed by atoms with Crippen LogP contribution in [-0.2, 0) is 0 Å². The molecule has 0 amide bonds. The van der Waals surface area contributed by atoms with Gasteiger partial charge in [0.2, 0.25) is 0 Å². The zero-order valence-electron chi connectivity index (χ0n) is 4.81. The van der Waals surface area contributed by atoms with Crippen molar-refractivity contribution in [1.82, 2.24) is 0 Å². The van der Waals surface area contributed by atoms with E-state index in [0.29, 0.717) is 0 Å². The average Bonchev–Trinajstić information content (AvgIpc) is 1.77. The summed E-state index contributed by atoms with van der Waals surface area (Å²) in [7, 11) is 0. The molecular weight excluding hydrogens is 124 g/mol. The Morgan fingerprint density at radius 1 is 1.25 bits per heavy atom. The highest BCUT2D eigenvalue weighted by atomic mass is 35.5. The fourth-order valence-corrected chi connectivity index (χ4v) is 1.35. The van der Waals surface area contributed by atoms with E-state index in [2.05, 4.69) is 0 Å². The third-order valence-corrected chi connectivity index (χ3v) is 2.16. The first-order chi connectivity index (χ1) is 3.80. The van der Waals surface area contributed by atoms with Crippen molar-refractivity contribution in [3.8, 4) is 0 Å². The summed E-state index contributed by atoms with van der Waals surface area (Å²) in [5.74, 6) is 0. The van der Waals surface area contributed by atoms with Gasteiger partial charge in [-0.25, -0.2) is 0 Å². The van der Waals surface area contributed by atoms with E-state index in [0.717, 1.165) is 19.3 Å². The summed E-state index contributed by atoms with van der Waals surface area (Å²) in [6.45, 7) is 0. The highest BCUT2D eigenvalue weighted by molar-refractivity contribution is 6.21. The van der Waals surface area contributed by atoms with Crippen LogP contribution in [0.1, 0.15) is 25.7 Å². The predicted octanol–water partition coefficient (Wildman–Crippen LogP) is 1.53. The van der Waals surface area contributed by atoms with Gasteiger partial charge < -0.3 is 5.11 Å². The Kier molecular flexibility index (Phi) is 2.15. The molecule has 1 fully saturated rings. The highest BCUT2D eigenvalue weighted by Gasteiger charge is 2.19. The van der Waals surface area contributed by atoms with Gasteiger partial charge in [-0.3, -0.25) is 0 Å². The monoisotopic (exact) mass is 134 g/mol. The number of hydrogen-bond acceptors (Lipinski definition) is 1. The quantitative estimate of drug-likeness (QED) is 0.499. The standard InChI is InChI=1S/C6H11ClO/c7-5-3-1-2-4-6(5)8/h5-6,8H,1-4H2/t5-,6+/m0/s1. The van der Waals surface area contributed by atoms with Crippen LogP contribution in [0.4, 0.5) is 0 Å².